The van der Waals surface area contributed by atoms with Crippen LogP contribution in [0.15, 0.2) is 16.7 Å². The molecular formula is C15H21N3O3. The third-order valence-electron chi connectivity index (χ3n) is 4.26. The number of allylic oxidation sites excluding steroid dienone is 2. The first kappa shape index (κ1) is 14.3. The van der Waals surface area contributed by atoms with E-state index in [4.69, 9.17) is 9.26 Å². The van der Waals surface area contributed by atoms with E-state index in [1.165, 1.54) is 0 Å². The van der Waals surface area contributed by atoms with Crippen LogP contribution in [-0.2, 0) is 16.1 Å². The summed E-state index contributed by atoms with van der Waals surface area (Å²) < 4.78 is 10.7. The Hall–Kier alpha value is -1.69. The van der Waals surface area contributed by atoms with Gasteiger partial charge < -0.3 is 14.2 Å². The molecule has 1 aliphatic carbocycles. The van der Waals surface area contributed by atoms with Gasteiger partial charge in [0.2, 0.25) is 5.91 Å². The monoisotopic (exact) mass is 291 g/mol. The highest BCUT2D eigenvalue weighted by Crippen LogP contribution is 2.35. The predicted octanol–water partition coefficient (Wildman–Crippen LogP) is 1.85. The smallest absolute Gasteiger partial charge is 0.252 e. The van der Waals surface area contributed by atoms with Gasteiger partial charge in [-0.2, -0.15) is 4.98 Å². The van der Waals surface area contributed by atoms with Gasteiger partial charge in [0.1, 0.15) is 6.61 Å². The maximum absolute atomic E-state index is 12.5. The normalized spacial score (nSPS) is 25.9. The van der Waals surface area contributed by atoms with Crippen LogP contribution in [-0.4, -0.2) is 40.1 Å². The number of hydrogen-bond acceptors (Lipinski definition) is 5. The van der Waals surface area contributed by atoms with Crippen molar-refractivity contribution >= 4 is 5.91 Å². The molecular weight excluding hydrogens is 270 g/mol. The average Bonchev–Trinajstić information content (AvgIpc) is 2.83. The van der Waals surface area contributed by atoms with Crippen molar-refractivity contribution in [1.82, 2.24) is 15.0 Å². The Bertz CT molecular complexity index is 548. The molecule has 0 radical (unpaired) electrons. The Balaban J connectivity index is 1.45. The van der Waals surface area contributed by atoms with E-state index < -0.39 is 0 Å². The highest BCUT2D eigenvalue weighted by Gasteiger charge is 2.41. The molecule has 21 heavy (non-hydrogen) atoms. The average molecular weight is 291 g/mol. The quantitative estimate of drug-likeness (QED) is 0.792. The zero-order valence-electron chi connectivity index (χ0n) is 12.5. The zero-order chi connectivity index (χ0) is 14.9. The first-order chi connectivity index (χ1) is 10.1. The lowest BCUT2D eigenvalue weighted by Gasteiger charge is -2.44. The van der Waals surface area contributed by atoms with Gasteiger partial charge in [-0.3, -0.25) is 4.79 Å². The van der Waals surface area contributed by atoms with Crippen LogP contribution in [0.5, 0.6) is 0 Å². The van der Waals surface area contributed by atoms with Gasteiger partial charge in [0.15, 0.2) is 5.82 Å². The summed E-state index contributed by atoms with van der Waals surface area (Å²) in [7, 11) is 0. The number of carbonyl (C=O) groups is 1. The molecule has 1 fully saturated rings. The van der Waals surface area contributed by atoms with Crippen LogP contribution >= 0.6 is 0 Å². The van der Waals surface area contributed by atoms with E-state index in [-0.39, 0.29) is 17.4 Å². The van der Waals surface area contributed by atoms with Crippen molar-refractivity contribution < 1.29 is 14.1 Å². The summed E-state index contributed by atoms with van der Waals surface area (Å²) in [4.78, 5) is 18.5. The molecule has 6 nitrogen and oxygen atoms in total. The first-order valence-corrected chi connectivity index (χ1v) is 7.42. The maximum atomic E-state index is 12.5. The van der Waals surface area contributed by atoms with Crippen molar-refractivity contribution in [2.75, 3.05) is 13.1 Å². The second-order valence-corrected chi connectivity index (χ2v) is 6.15. The molecule has 1 aromatic rings. The van der Waals surface area contributed by atoms with Gasteiger partial charge in [0, 0.05) is 13.1 Å². The van der Waals surface area contributed by atoms with Crippen molar-refractivity contribution in [3.63, 3.8) is 0 Å². The lowest BCUT2D eigenvalue weighted by atomic mass is 9.77. The minimum atomic E-state index is -0.233. The van der Waals surface area contributed by atoms with Gasteiger partial charge in [-0.15, -0.1) is 0 Å². The number of ether oxygens (including phenoxy) is 1. The van der Waals surface area contributed by atoms with Crippen LogP contribution in [0.4, 0.5) is 0 Å². The van der Waals surface area contributed by atoms with Gasteiger partial charge >= 0.3 is 0 Å². The zero-order valence-corrected chi connectivity index (χ0v) is 12.5. The van der Waals surface area contributed by atoms with Gasteiger partial charge in [0.25, 0.3) is 5.89 Å². The molecule has 114 valence electrons. The second-order valence-electron chi connectivity index (χ2n) is 6.15. The molecule has 0 N–H and O–H groups in total. The third kappa shape index (κ3) is 3.00. The molecule has 0 saturated carbocycles. The number of nitrogens with zero attached hydrogens (tertiary/aromatic N) is 3. The van der Waals surface area contributed by atoms with E-state index in [1.807, 2.05) is 4.90 Å². The Morgan fingerprint density at radius 2 is 2.33 bits per heavy atom. The fraction of sp³-hybridized carbons (Fsp3) is 0.667. The lowest BCUT2D eigenvalue weighted by Crippen LogP contribution is -2.58. The largest absolute Gasteiger partial charge is 0.365 e. The molecule has 3 rings (SSSR count). The Morgan fingerprint density at radius 3 is 2.95 bits per heavy atom. The predicted molar refractivity (Wildman–Crippen MR) is 75.3 cm³/mol. The number of rotatable bonds is 4. The van der Waals surface area contributed by atoms with E-state index in [1.54, 1.807) is 6.92 Å². The lowest BCUT2D eigenvalue weighted by molar-refractivity contribution is -0.157. The minimum Gasteiger partial charge on any atom is -0.365 e. The summed E-state index contributed by atoms with van der Waals surface area (Å²) in [5.74, 6) is 1.35. The molecule has 0 spiro atoms. The minimum absolute atomic E-state index is 0.0730. The third-order valence-corrected chi connectivity index (χ3v) is 4.26. The number of aryl methyl sites for hydroxylation is 1. The molecule has 1 amide bonds. The maximum Gasteiger partial charge on any atom is 0.252 e. The Labute approximate surface area is 124 Å². The van der Waals surface area contributed by atoms with Crippen LogP contribution in [0.2, 0.25) is 0 Å². The van der Waals surface area contributed by atoms with Crippen LogP contribution in [0.25, 0.3) is 0 Å². The molecule has 1 saturated heterocycles. The van der Waals surface area contributed by atoms with Crippen molar-refractivity contribution in [3.05, 3.63) is 23.9 Å². The molecule has 6 heteroatoms. The number of aromatic nitrogens is 2. The number of carbonyl (C=O) groups excluding carboxylic acids is 1. The van der Waals surface area contributed by atoms with Crippen LogP contribution in [0.1, 0.15) is 37.9 Å². The van der Waals surface area contributed by atoms with Gasteiger partial charge in [-0.05, 0) is 26.2 Å². The molecule has 2 heterocycles. The SMILES string of the molecule is Cc1noc(COC2CN(C(=O)C3(C)CC=CCC3)C2)n1. The standard InChI is InChI=1S/C15H21N3O3/c1-11-16-13(21-17-11)10-20-12-8-18(9-12)14(19)15(2)6-4-3-5-7-15/h3-4,12H,5-10H2,1-2H3. The topological polar surface area (TPSA) is 68.5 Å². The van der Waals surface area contributed by atoms with Crippen LogP contribution in [0, 0.1) is 12.3 Å². The van der Waals surface area contributed by atoms with Crippen molar-refractivity contribution in [2.45, 2.75) is 45.8 Å². The summed E-state index contributed by atoms with van der Waals surface area (Å²) in [6, 6.07) is 0. The number of likely N-dealkylation sites (tertiary alicyclic amines) is 1. The van der Waals surface area contributed by atoms with Gasteiger partial charge in [-0.25, -0.2) is 0 Å². The van der Waals surface area contributed by atoms with Gasteiger partial charge in [-0.1, -0.05) is 24.2 Å². The van der Waals surface area contributed by atoms with E-state index in [0.717, 1.165) is 19.3 Å². The summed E-state index contributed by atoms with van der Waals surface area (Å²) in [6.07, 6.45) is 7.12. The molecule has 1 atom stereocenters. The molecule has 0 bridgehead atoms. The molecule has 1 unspecified atom stereocenters. The summed E-state index contributed by atoms with van der Waals surface area (Å²) >= 11 is 0. The molecule has 0 aromatic carbocycles. The molecule has 1 aromatic heterocycles. The van der Waals surface area contributed by atoms with Crippen molar-refractivity contribution in [3.8, 4) is 0 Å². The highest BCUT2D eigenvalue weighted by atomic mass is 16.5. The van der Waals surface area contributed by atoms with E-state index in [2.05, 4.69) is 29.2 Å². The molecule has 2 aliphatic rings. The number of hydrogen-bond donors (Lipinski definition) is 0. The fourth-order valence-electron chi connectivity index (χ4n) is 2.84. The summed E-state index contributed by atoms with van der Waals surface area (Å²) in [6.45, 7) is 5.47. The number of amides is 1. The van der Waals surface area contributed by atoms with Gasteiger partial charge in [0.05, 0.1) is 11.5 Å². The molecule has 1 aliphatic heterocycles. The first-order valence-electron chi connectivity index (χ1n) is 7.42. The van der Waals surface area contributed by atoms with Crippen LogP contribution in [0.3, 0.4) is 0 Å². The van der Waals surface area contributed by atoms with E-state index in [9.17, 15) is 4.79 Å². The summed E-state index contributed by atoms with van der Waals surface area (Å²) in [5, 5.41) is 3.71. The van der Waals surface area contributed by atoms with Crippen molar-refractivity contribution in [2.24, 2.45) is 5.41 Å². The Morgan fingerprint density at radius 1 is 1.52 bits per heavy atom. The second kappa shape index (κ2) is 5.60. The highest BCUT2D eigenvalue weighted by molar-refractivity contribution is 5.83. The van der Waals surface area contributed by atoms with E-state index in [0.29, 0.717) is 31.4 Å². The Kier molecular flexibility index (Phi) is 3.80. The van der Waals surface area contributed by atoms with Crippen molar-refractivity contribution in [1.29, 1.82) is 0 Å². The van der Waals surface area contributed by atoms with E-state index >= 15 is 0 Å². The fourth-order valence-corrected chi connectivity index (χ4v) is 2.84. The summed E-state index contributed by atoms with van der Waals surface area (Å²) in [5.41, 5.74) is -0.233. The van der Waals surface area contributed by atoms with Crippen LogP contribution < -0.4 is 0 Å².